The van der Waals surface area contributed by atoms with Crippen LogP contribution in [-0.4, -0.2) is 9.97 Å². The first-order valence-electron chi connectivity index (χ1n) is 5.82. The summed E-state index contributed by atoms with van der Waals surface area (Å²) >= 11 is 0. The quantitative estimate of drug-likeness (QED) is 0.586. The fourth-order valence-corrected chi connectivity index (χ4v) is 2.63. The molecule has 0 saturated carbocycles. The third kappa shape index (κ3) is 2.71. The van der Waals surface area contributed by atoms with Gasteiger partial charge in [-0.05, 0) is 18.2 Å². The number of aromatic nitrogens is 2. The summed E-state index contributed by atoms with van der Waals surface area (Å²) in [5, 5.41) is 0. The van der Waals surface area contributed by atoms with Crippen molar-refractivity contribution in [2.45, 2.75) is 4.90 Å². The molecule has 0 atom stereocenters. The van der Waals surface area contributed by atoms with Crippen LogP contribution in [0.1, 0.15) is 0 Å². The summed E-state index contributed by atoms with van der Waals surface area (Å²) in [7, 11) is -9.68. The lowest BCUT2D eigenvalue weighted by atomic mass is 10.2. The second-order valence-corrected chi connectivity index (χ2v) is 7.01. The number of nitrogens with one attached hydrogen (secondary N) is 1. The molecule has 0 saturated heterocycles. The van der Waals surface area contributed by atoms with Crippen LogP contribution in [0.3, 0.4) is 0 Å². The zero-order valence-corrected chi connectivity index (χ0v) is 11.2. The Hall–Kier alpha value is -2.09. The van der Waals surface area contributed by atoms with E-state index in [0.29, 0.717) is 23.5 Å². The number of nitrogens with zero attached hydrogens (tertiary/aromatic N) is 1. The highest BCUT2D eigenvalue weighted by Crippen LogP contribution is 3.02. The van der Waals surface area contributed by atoms with Crippen molar-refractivity contribution in [1.29, 1.82) is 0 Å². The van der Waals surface area contributed by atoms with Crippen molar-refractivity contribution in [3.8, 4) is 11.4 Å². The molecule has 0 aliphatic heterocycles. The Morgan fingerprint density at radius 1 is 0.857 bits per heavy atom. The largest absolute Gasteiger partial charge is 0.338 e. The number of fused-ring (bicyclic) bond motifs is 1. The third-order valence-electron chi connectivity index (χ3n) is 2.95. The van der Waals surface area contributed by atoms with Gasteiger partial charge < -0.3 is 4.98 Å². The molecule has 0 fully saturated rings. The van der Waals surface area contributed by atoms with Crippen molar-refractivity contribution in [3.05, 3.63) is 48.5 Å². The van der Waals surface area contributed by atoms with Gasteiger partial charge in [-0.25, -0.2) is 4.98 Å². The van der Waals surface area contributed by atoms with Gasteiger partial charge in [0.25, 0.3) is 0 Å². The summed E-state index contributed by atoms with van der Waals surface area (Å²) in [6.07, 6.45) is 0. The first-order chi connectivity index (χ1) is 9.53. The van der Waals surface area contributed by atoms with Crippen LogP contribution in [0.4, 0.5) is 19.4 Å². The van der Waals surface area contributed by atoms with E-state index in [1.165, 1.54) is 0 Å². The molecule has 0 aliphatic carbocycles. The van der Waals surface area contributed by atoms with Crippen molar-refractivity contribution < 1.29 is 19.4 Å². The maximum Gasteiger partial charge on any atom is 0.310 e. The average Bonchev–Trinajstić information content (AvgIpc) is 2.80. The zero-order valence-electron chi connectivity index (χ0n) is 10.4. The molecule has 21 heavy (non-hydrogen) atoms. The number of benzene rings is 2. The van der Waals surface area contributed by atoms with Gasteiger partial charge in [-0.15, -0.1) is 0 Å². The van der Waals surface area contributed by atoms with Crippen LogP contribution in [0.2, 0.25) is 0 Å². The molecule has 1 heterocycles. The highest BCUT2D eigenvalue weighted by atomic mass is 32.5. The van der Waals surface area contributed by atoms with E-state index in [1.807, 2.05) is 0 Å². The summed E-state index contributed by atoms with van der Waals surface area (Å²) in [5.41, 5.74) is 0.765. The normalized spacial score (nSPS) is 15.7. The lowest BCUT2D eigenvalue weighted by molar-refractivity contribution is 0.364. The van der Waals surface area contributed by atoms with E-state index in [0.717, 1.165) is 6.07 Å². The lowest BCUT2D eigenvalue weighted by Gasteiger charge is -2.40. The Morgan fingerprint density at radius 2 is 1.52 bits per heavy atom. The molecule has 0 bridgehead atoms. The molecule has 1 N–H and O–H groups in total. The second kappa shape index (κ2) is 3.56. The maximum atomic E-state index is 12.8. The SMILES string of the molecule is FS(F)(F)(F)(F)c1ccc2nc(-c3ccccc3)[nH]c2c1. The number of aromatic amines is 1. The molecule has 112 valence electrons. The van der Waals surface area contributed by atoms with Crippen LogP contribution in [0.5, 0.6) is 0 Å². The van der Waals surface area contributed by atoms with Gasteiger partial charge in [0.2, 0.25) is 0 Å². The highest BCUT2D eigenvalue weighted by Gasteiger charge is 2.65. The standard InChI is InChI=1S/C13H9F5N2S/c14-21(15,16,17,18)10-6-7-11-12(8-10)20-13(19-11)9-4-2-1-3-5-9/h1-8H,(H,19,20). The van der Waals surface area contributed by atoms with Crippen molar-refractivity contribution in [2.75, 3.05) is 0 Å². The second-order valence-electron chi connectivity index (χ2n) is 4.60. The van der Waals surface area contributed by atoms with Gasteiger partial charge in [0.15, 0.2) is 0 Å². The van der Waals surface area contributed by atoms with Crippen LogP contribution >= 0.6 is 10.2 Å². The van der Waals surface area contributed by atoms with Crippen molar-refractivity contribution >= 4 is 21.3 Å². The molecule has 0 unspecified atom stereocenters. The summed E-state index contributed by atoms with van der Waals surface area (Å²) in [4.78, 5) is 4.80. The van der Waals surface area contributed by atoms with Crippen LogP contribution in [0.15, 0.2) is 53.4 Å². The Bertz CT molecular complexity index is 825. The number of hydrogen-bond donors (Lipinski definition) is 1. The molecule has 0 spiro atoms. The van der Waals surface area contributed by atoms with E-state index in [-0.39, 0.29) is 11.0 Å². The monoisotopic (exact) mass is 320 g/mol. The number of halogens is 5. The number of imidazole rings is 1. The molecule has 1 aromatic heterocycles. The predicted molar refractivity (Wildman–Crippen MR) is 72.9 cm³/mol. The Balaban J connectivity index is 2.17. The molecule has 3 rings (SSSR count). The third-order valence-corrected chi connectivity index (χ3v) is 4.09. The molecule has 2 nitrogen and oxygen atoms in total. The van der Waals surface area contributed by atoms with Gasteiger partial charge in [0, 0.05) is 5.56 Å². The van der Waals surface area contributed by atoms with E-state index in [4.69, 9.17) is 0 Å². The van der Waals surface area contributed by atoms with E-state index in [9.17, 15) is 19.4 Å². The minimum absolute atomic E-state index is 0.0837. The first kappa shape index (κ1) is 13.9. The topological polar surface area (TPSA) is 28.7 Å². The fraction of sp³-hybridized carbons (Fsp3) is 0. The molecular weight excluding hydrogens is 311 g/mol. The Kier molecular flexibility index (Phi) is 2.35. The number of hydrogen-bond acceptors (Lipinski definition) is 1. The summed E-state index contributed by atoms with van der Waals surface area (Å²) in [6.45, 7) is 0. The van der Waals surface area contributed by atoms with Gasteiger partial charge in [-0.2, -0.15) is 0 Å². The van der Waals surface area contributed by atoms with Crippen molar-refractivity contribution in [3.63, 3.8) is 0 Å². The van der Waals surface area contributed by atoms with Crippen molar-refractivity contribution in [2.24, 2.45) is 0 Å². The molecule has 0 aliphatic rings. The van der Waals surface area contributed by atoms with Crippen LogP contribution in [-0.2, 0) is 0 Å². The fourth-order valence-electron chi connectivity index (χ4n) is 1.96. The van der Waals surface area contributed by atoms with Gasteiger partial charge in [0.05, 0.1) is 11.0 Å². The van der Waals surface area contributed by atoms with Gasteiger partial charge >= 0.3 is 10.2 Å². The van der Waals surface area contributed by atoms with E-state index in [1.54, 1.807) is 30.3 Å². The van der Waals surface area contributed by atoms with Crippen LogP contribution in [0.25, 0.3) is 22.4 Å². The van der Waals surface area contributed by atoms with E-state index < -0.39 is 15.1 Å². The average molecular weight is 320 g/mol. The molecule has 2 aromatic carbocycles. The highest BCUT2D eigenvalue weighted by molar-refractivity contribution is 8.45. The lowest BCUT2D eigenvalue weighted by Crippen LogP contribution is -2.05. The molecular formula is C13H9F5N2S. The number of rotatable bonds is 2. The van der Waals surface area contributed by atoms with Gasteiger partial charge in [-0.3, -0.25) is 0 Å². The Morgan fingerprint density at radius 3 is 2.14 bits per heavy atom. The smallest absolute Gasteiger partial charge is 0.310 e. The Labute approximate surface area is 116 Å². The molecule has 8 heteroatoms. The summed E-state index contributed by atoms with van der Waals surface area (Å²) < 4.78 is 63.9. The van der Waals surface area contributed by atoms with E-state index >= 15 is 0 Å². The maximum absolute atomic E-state index is 12.8. The molecule has 0 radical (unpaired) electrons. The van der Waals surface area contributed by atoms with E-state index in [2.05, 4.69) is 9.97 Å². The zero-order chi connectivity index (χ0) is 15.4. The van der Waals surface area contributed by atoms with Gasteiger partial charge in [-0.1, -0.05) is 49.8 Å². The van der Waals surface area contributed by atoms with Crippen LogP contribution in [0, 0.1) is 0 Å². The minimum Gasteiger partial charge on any atom is -0.338 e. The predicted octanol–water partition coefficient (Wildman–Crippen LogP) is 5.89. The minimum atomic E-state index is -9.68. The summed E-state index contributed by atoms with van der Waals surface area (Å²) in [6, 6.07) is 10.4. The van der Waals surface area contributed by atoms with Gasteiger partial charge in [0.1, 0.15) is 10.7 Å². The first-order valence-corrected chi connectivity index (χ1v) is 7.77. The van der Waals surface area contributed by atoms with Crippen molar-refractivity contribution in [1.82, 2.24) is 9.97 Å². The summed E-state index contributed by atoms with van der Waals surface area (Å²) in [5.74, 6) is 0.324. The molecule has 3 aromatic rings. The molecule has 0 amide bonds. The number of H-pyrrole nitrogens is 1. The van der Waals surface area contributed by atoms with Crippen LogP contribution < -0.4 is 0 Å².